The van der Waals surface area contributed by atoms with Crippen LogP contribution in [-0.4, -0.2) is 26.9 Å². The lowest BCUT2D eigenvalue weighted by Gasteiger charge is -2.20. The van der Waals surface area contributed by atoms with E-state index in [4.69, 9.17) is 0 Å². The molecule has 5 nitrogen and oxygen atoms in total. The second-order valence-electron chi connectivity index (χ2n) is 6.16. The summed E-state index contributed by atoms with van der Waals surface area (Å²) in [6, 6.07) is 14.1. The number of carbonyl (C=O) groups is 2. The van der Waals surface area contributed by atoms with E-state index in [2.05, 4.69) is 0 Å². The molecule has 128 valence electrons. The molecule has 0 fully saturated rings. The van der Waals surface area contributed by atoms with Gasteiger partial charge < -0.3 is 15.3 Å². The molecule has 0 aromatic heterocycles. The number of aromatic hydroxyl groups is 3. The SMILES string of the molecule is O=C1c2cccc(O)c2C(=O)c2c1ccc(Cc1ccccc1O)c2O. The van der Waals surface area contributed by atoms with E-state index in [-0.39, 0.29) is 45.9 Å². The molecular formula is C21H14O5. The van der Waals surface area contributed by atoms with Crippen LogP contribution in [0, 0.1) is 0 Å². The fourth-order valence-electron chi connectivity index (χ4n) is 3.30. The Morgan fingerprint density at radius 3 is 2.08 bits per heavy atom. The minimum Gasteiger partial charge on any atom is -0.508 e. The monoisotopic (exact) mass is 346 g/mol. The molecule has 3 N–H and O–H groups in total. The van der Waals surface area contributed by atoms with Crippen molar-refractivity contribution in [1.82, 2.24) is 0 Å². The first-order valence-electron chi connectivity index (χ1n) is 8.02. The minimum atomic E-state index is -0.593. The van der Waals surface area contributed by atoms with Gasteiger partial charge in [-0.05, 0) is 29.3 Å². The zero-order chi connectivity index (χ0) is 18.4. The van der Waals surface area contributed by atoms with Gasteiger partial charge >= 0.3 is 0 Å². The summed E-state index contributed by atoms with van der Waals surface area (Å²) in [5, 5.41) is 30.6. The summed E-state index contributed by atoms with van der Waals surface area (Å²) in [5.74, 6) is -1.54. The highest BCUT2D eigenvalue weighted by molar-refractivity contribution is 6.30. The van der Waals surface area contributed by atoms with Crippen molar-refractivity contribution < 1.29 is 24.9 Å². The number of phenols is 3. The number of fused-ring (bicyclic) bond motifs is 2. The number of phenolic OH excluding ortho intramolecular Hbond substituents is 3. The second kappa shape index (κ2) is 5.74. The quantitative estimate of drug-likeness (QED) is 0.518. The molecule has 3 aromatic carbocycles. The standard InChI is InChI=1S/C21H14O5/c22-15-6-2-1-4-11(15)10-12-8-9-14-18(19(12)24)21(26)17-13(20(14)25)5-3-7-16(17)23/h1-9,22-24H,10H2. The summed E-state index contributed by atoms with van der Waals surface area (Å²) in [7, 11) is 0. The zero-order valence-electron chi connectivity index (χ0n) is 13.6. The van der Waals surface area contributed by atoms with Gasteiger partial charge in [-0.1, -0.05) is 36.4 Å². The van der Waals surface area contributed by atoms with Crippen molar-refractivity contribution in [3.63, 3.8) is 0 Å². The third-order valence-electron chi connectivity index (χ3n) is 4.62. The van der Waals surface area contributed by atoms with E-state index < -0.39 is 11.6 Å². The van der Waals surface area contributed by atoms with Crippen molar-refractivity contribution >= 4 is 11.6 Å². The van der Waals surface area contributed by atoms with E-state index in [9.17, 15) is 24.9 Å². The summed E-state index contributed by atoms with van der Waals surface area (Å²) in [5.41, 5.74) is 1.00. The highest BCUT2D eigenvalue weighted by Crippen LogP contribution is 2.38. The molecule has 0 saturated heterocycles. The number of para-hydroxylation sites is 1. The minimum absolute atomic E-state index is 0.0787. The smallest absolute Gasteiger partial charge is 0.201 e. The van der Waals surface area contributed by atoms with Crippen molar-refractivity contribution in [2.24, 2.45) is 0 Å². The average Bonchev–Trinajstić information content (AvgIpc) is 2.63. The van der Waals surface area contributed by atoms with Gasteiger partial charge in [0.2, 0.25) is 5.78 Å². The average molecular weight is 346 g/mol. The summed E-state index contributed by atoms with van der Waals surface area (Å²) in [4.78, 5) is 25.5. The molecule has 0 aliphatic heterocycles. The van der Waals surface area contributed by atoms with Crippen LogP contribution in [0.3, 0.4) is 0 Å². The molecular weight excluding hydrogens is 332 g/mol. The summed E-state index contributed by atoms with van der Waals surface area (Å²) in [6.45, 7) is 0. The summed E-state index contributed by atoms with van der Waals surface area (Å²) < 4.78 is 0. The third kappa shape index (κ3) is 2.25. The Labute approximate surface area is 148 Å². The van der Waals surface area contributed by atoms with Crippen molar-refractivity contribution in [3.05, 3.63) is 88.0 Å². The molecule has 3 aromatic rings. The number of carbonyl (C=O) groups excluding carboxylic acids is 2. The fraction of sp³-hybridized carbons (Fsp3) is 0.0476. The predicted octanol–water partition coefficient (Wildman–Crippen LogP) is 3.17. The largest absolute Gasteiger partial charge is 0.508 e. The molecule has 1 aliphatic rings. The van der Waals surface area contributed by atoms with E-state index in [0.29, 0.717) is 11.1 Å². The molecule has 0 spiro atoms. The van der Waals surface area contributed by atoms with Crippen LogP contribution >= 0.6 is 0 Å². The van der Waals surface area contributed by atoms with Gasteiger partial charge in [-0.2, -0.15) is 0 Å². The second-order valence-corrected chi connectivity index (χ2v) is 6.16. The molecule has 0 saturated carbocycles. The van der Waals surface area contributed by atoms with E-state index in [1.807, 2.05) is 0 Å². The maximum Gasteiger partial charge on any atom is 0.201 e. The molecule has 0 bridgehead atoms. The maximum atomic E-state index is 12.8. The molecule has 4 rings (SSSR count). The maximum absolute atomic E-state index is 12.8. The first-order valence-corrected chi connectivity index (χ1v) is 8.02. The van der Waals surface area contributed by atoms with Gasteiger partial charge in [0.05, 0.1) is 11.1 Å². The van der Waals surface area contributed by atoms with Crippen LogP contribution in [0.1, 0.15) is 43.0 Å². The van der Waals surface area contributed by atoms with E-state index >= 15 is 0 Å². The van der Waals surface area contributed by atoms with Gasteiger partial charge in [-0.15, -0.1) is 0 Å². The Bertz CT molecular complexity index is 1080. The topological polar surface area (TPSA) is 94.8 Å². The molecule has 0 atom stereocenters. The molecule has 1 aliphatic carbocycles. The first kappa shape index (κ1) is 15.9. The van der Waals surface area contributed by atoms with Gasteiger partial charge in [0.25, 0.3) is 0 Å². The van der Waals surface area contributed by atoms with Crippen molar-refractivity contribution in [1.29, 1.82) is 0 Å². The van der Waals surface area contributed by atoms with Gasteiger partial charge in [-0.25, -0.2) is 0 Å². The van der Waals surface area contributed by atoms with E-state index in [1.165, 1.54) is 30.3 Å². The highest BCUT2D eigenvalue weighted by Gasteiger charge is 2.34. The molecule has 0 unspecified atom stereocenters. The predicted molar refractivity (Wildman–Crippen MR) is 94.0 cm³/mol. The van der Waals surface area contributed by atoms with Crippen molar-refractivity contribution in [2.45, 2.75) is 6.42 Å². The van der Waals surface area contributed by atoms with Crippen LogP contribution in [0.5, 0.6) is 17.2 Å². The lowest BCUT2D eigenvalue weighted by Crippen LogP contribution is -2.21. The molecule has 0 amide bonds. The Balaban J connectivity index is 1.86. The van der Waals surface area contributed by atoms with Gasteiger partial charge in [0.1, 0.15) is 17.2 Å². The molecule has 0 heterocycles. The first-order chi connectivity index (χ1) is 12.5. The van der Waals surface area contributed by atoms with Crippen LogP contribution in [0.15, 0.2) is 54.6 Å². The van der Waals surface area contributed by atoms with Crippen LogP contribution < -0.4 is 0 Å². The van der Waals surface area contributed by atoms with Gasteiger partial charge in [-0.3, -0.25) is 9.59 Å². The van der Waals surface area contributed by atoms with Gasteiger partial charge in [0, 0.05) is 17.5 Å². The number of ketones is 2. The molecule has 0 radical (unpaired) electrons. The Morgan fingerprint density at radius 2 is 1.31 bits per heavy atom. The zero-order valence-corrected chi connectivity index (χ0v) is 13.6. The molecule has 5 heteroatoms. The molecule has 26 heavy (non-hydrogen) atoms. The number of rotatable bonds is 2. The third-order valence-corrected chi connectivity index (χ3v) is 4.62. The Kier molecular flexibility index (Phi) is 3.51. The summed E-state index contributed by atoms with van der Waals surface area (Å²) in [6.07, 6.45) is 0.195. The van der Waals surface area contributed by atoms with E-state index in [0.717, 1.165) is 0 Å². The van der Waals surface area contributed by atoms with Crippen molar-refractivity contribution in [2.75, 3.05) is 0 Å². The normalized spacial score (nSPS) is 12.6. The van der Waals surface area contributed by atoms with Crippen LogP contribution in [0.2, 0.25) is 0 Å². The van der Waals surface area contributed by atoms with Crippen molar-refractivity contribution in [3.8, 4) is 17.2 Å². The van der Waals surface area contributed by atoms with Crippen LogP contribution in [0.4, 0.5) is 0 Å². The lowest BCUT2D eigenvalue weighted by molar-refractivity contribution is 0.0974. The van der Waals surface area contributed by atoms with Crippen LogP contribution in [0.25, 0.3) is 0 Å². The Hall–Kier alpha value is -3.60. The van der Waals surface area contributed by atoms with Crippen LogP contribution in [-0.2, 0) is 6.42 Å². The lowest BCUT2D eigenvalue weighted by atomic mass is 9.81. The summed E-state index contributed by atoms with van der Waals surface area (Å²) >= 11 is 0. The highest BCUT2D eigenvalue weighted by atomic mass is 16.3. The Morgan fingerprint density at radius 1 is 0.615 bits per heavy atom. The van der Waals surface area contributed by atoms with Gasteiger partial charge in [0.15, 0.2) is 5.78 Å². The number of hydrogen-bond acceptors (Lipinski definition) is 5. The fourth-order valence-corrected chi connectivity index (χ4v) is 3.30. The van der Waals surface area contributed by atoms with E-state index in [1.54, 1.807) is 24.3 Å². The number of benzene rings is 3. The number of hydrogen-bond donors (Lipinski definition) is 3.